The molecule has 2 aromatic rings. The van der Waals surface area contributed by atoms with Crippen molar-refractivity contribution in [2.24, 2.45) is 0 Å². The van der Waals surface area contributed by atoms with Crippen LogP contribution in [-0.4, -0.2) is 27.1 Å². The number of aryl methyl sites for hydroxylation is 2. The summed E-state index contributed by atoms with van der Waals surface area (Å²) in [4.78, 5) is 27.5. The fraction of sp³-hybridized carbons (Fsp3) is 0.133. The molecule has 0 aliphatic carbocycles. The number of aromatic nitrogens is 1. The summed E-state index contributed by atoms with van der Waals surface area (Å²) in [5.41, 5.74) is 1.65. The molecule has 0 unspecified atom stereocenters. The molecule has 0 aliphatic heterocycles. The first-order chi connectivity index (χ1) is 9.88. The zero-order valence-corrected chi connectivity index (χ0v) is 11.5. The minimum absolute atomic E-state index is 0.116. The van der Waals surface area contributed by atoms with Crippen LogP contribution in [0.2, 0.25) is 0 Å². The molecule has 0 bridgehead atoms. The van der Waals surface area contributed by atoms with E-state index in [1.807, 2.05) is 6.92 Å². The Balaban J connectivity index is 2.34. The number of carbonyl (C=O) groups is 2. The zero-order valence-electron chi connectivity index (χ0n) is 11.5. The van der Waals surface area contributed by atoms with Crippen molar-refractivity contribution >= 4 is 17.6 Å². The summed E-state index contributed by atoms with van der Waals surface area (Å²) >= 11 is 0. The van der Waals surface area contributed by atoms with Gasteiger partial charge in [-0.3, -0.25) is 9.78 Å². The number of rotatable bonds is 3. The molecule has 0 spiro atoms. The molecule has 6 heteroatoms. The molecule has 108 valence electrons. The molecule has 1 aromatic carbocycles. The van der Waals surface area contributed by atoms with E-state index in [9.17, 15) is 14.7 Å². The van der Waals surface area contributed by atoms with Gasteiger partial charge in [0.25, 0.3) is 5.91 Å². The van der Waals surface area contributed by atoms with Crippen LogP contribution in [0.5, 0.6) is 5.75 Å². The van der Waals surface area contributed by atoms with Crippen molar-refractivity contribution in [3.05, 3.63) is 52.8 Å². The Morgan fingerprint density at radius 2 is 1.81 bits per heavy atom. The molecule has 0 saturated heterocycles. The third-order valence-electron chi connectivity index (χ3n) is 2.95. The van der Waals surface area contributed by atoms with Crippen LogP contribution in [0.1, 0.15) is 32.1 Å². The lowest BCUT2D eigenvalue weighted by molar-refractivity contribution is 0.0697. The number of aromatic hydroxyl groups is 1. The minimum atomic E-state index is -1.24. The summed E-state index contributed by atoms with van der Waals surface area (Å²) in [5.74, 6) is -1.87. The summed E-state index contributed by atoms with van der Waals surface area (Å²) in [6.07, 6.45) is 0. The fourth-order valence-corrected chi connectivity index (χ4v) is 1.93. The van der Waals surface area contributed by atoms with Crippen LogP contribution in [0.25, 0.3) is 0 Å². The first-order valence-corrected chi connectivity index (χ1v) is 6.20. The number of carboxylic acid groups (broad SMARTS) is 1. The van der Waals surface area contributed by atoms with E-state index in [4.69, 9.17) is 5.11 Å². The van der Waals surface area contributed by atoms with Crippen molar-refractivity contribution in [1.82, 2.24) is 4.98 Å². The second kappa shape index (κ2) is 5.62. The summed E-state index contributed by atoms with van der Waals surface area (Å²) in [5, 5.41) is 20.9. The summed E-state index contributed by atoms with van der Waals surface area (Å²) in [6, 6.07) is 7.07. The molecule has 1 heterocycles. The Bertz CT molecular complexity index is 726. The van der Waals surface area contributed by atoms with Gasteiger partial charge in [0.05, 0.1) is 22.5 Å². The van der Waals surface area contributed by atoms with Gasteiger partial charge in [-0.2, -0.15) is 0 Å². The number of carbonyl (C=O) groups excluding carboxylic acids is 1. The van der Waals surface area contributed by atoms with Crippen molar-refractivity contribution in [3.8, 4) is 5.75 Å². The molecule has 1 aromatic heterocycles. The molecule has 0 atom stereocenters. The van der Waals surface area contributed by atoms with E-state index in [0.717, 1.165) is 11.8 Å². The number of nitrogens with zero attached hydrogens (tertiary/aromatic N) is 1. The Morgan fingerprint density at radius 1 is 1.10 bits per heavy atom. The van der Waals surface area contributed by atoms with Crippen molar-refractivity contribution < 1.29 is 19.8 Å². The SMILES string of the molecule is Cc1ccc(C(=O)Nc2ccc(O)cc2C(=O)O)c(C)n1. The van der Waals surface area contributed by atoms with E-state index in [2.05, 4.69) is 10.3 Å². The third kappa shape index (κ3) is 3.17. The molecule has 2 rings (SSSR count). The Hall–Kier alpha value is -2.89. The van der Waals surface area contributed by atoms with Gasteiger partial charge in [-0.1, -0.05) is 0 Å². The molecular formula is C15H14N2O4. The number of amides is 1. The summed E-state index contributed by atoms with van der Waals surface area (Å²) in [6.45, 7) is 3.52. The van der Waals surface area contributed by atoms with E-state index < -0.39 is 11.9 Å². The van der Waals surface area contributed by atoms with E-state index in [1.165, 1.54) is 12.1 Å². The molecule has 6 nitrogen and oxygen atoms in total. The second-order valence-electron chi connectivity index (χ2n) is 4.57. The first-order valence-electron chi connectivity index (χ1n) is 6.20. The van der Waals surface area contributed by atoms with Gasteiger partial charge >= 0.3 is 5.97 Å². The second-order valence-corrected chi connectivity index (χ2v) is 4.57. The van der Waals surface area contributed by atoms with Crippen LogP contribution in [0.3, 0.4) is 0 Å². The molecule has 0 saturated carbocycles. The lowest BCUT2D eigenvalue weighted by Gasteiger charge is -2.10. The van der Waals surface area contributed by atoms with Crippen LogP contribution in [0, 0.1) is 13.8 Å². The summed E-state index contributed by atoms with van der Waals surface area (Å²) in [7, 11) is 0. The molecule has 21 heavy (non-hydrogen) atoms. The molecular weight excluding hydrogens is 272 g/mol. The number of carboxylic acids is 1. The van der Waals surface area contributed by atoms with Crippen molar-refractivity contribution in [2.45, 2.75) is 13.8 Å². The highest BCUT2D eigenvalue weighted by Crippen LogP contribution is 2.22. The van der Waals surface area contributed by atoms with Crippen LogP contribution in [0.15, 0.2) is 30.3 Å². The third-order valence-corrected chi connectivity index (χ3v) is 2.95. The molecule has 1 amide bonds. The van der Waals surface area contributed by atoms with Gasteiger partial charge in [0.1, 0.15) is 5.75 Å². The highest BCUT2D eigenvalue weighted by Gasteiger charge is 2.16. The molecule has 0 fully saturated rings. The summed E-state index contributed by atoms with van der Waals surface area (Å²) < 4.78 is 0. The predicted octanol–water partition coefficient (Wildman–Crippen LogP) is 2.35. The van der Waals surface area contributed by atoms with Crippen molar-refractivity contribution in [3.63, 3.8) is 0 Å². The topological polar surface area (TPSA) is 99.5 Å². The maximum atomic E-state index is 12.2. The number of pyridine rings is 1. The van der Waals surface area contributed by atoms with Crippen molar-refractivity contribution in [2.75, 3.05) is 5.32 Å². The predicted molar refractivity (Wildman–Crippen MR) is 76.7 cm³/mol. The zero-order chi connectivity index (χ0) is 15.6. The molecule has 0 aliphatic rings. The maximum Gasteiger partial charge on any atom is 0.337 e. The standard InChI is InChI=1S/C15H14N2O4/c1-8-3-5-11(9(2)16-8)14(19)17-13-6-4-10(18)7-12(13)15(20)21/h3-7,18H,1-2H3,(H,17,19)(H,20,21). The maximum absolute atomic E-state index is 12.2. The Labute approximate surface area is 121 Å². The van der Waals surface area contributed by atoms with Gasteiger partial charge in [-0.25, -0.2) is 4.79 Å². The highest BCUT2D eigenvalue weighted by atomic mass is 16.4. The quantitative estimate of drug-likeness (QED) is 0.752. The highest BCUT2D eigenvalue weighted by molar-refractivity contribution is 6.08. The number of benzene rings is 1. The number of phenolic OH excluding ortho intramolecular Hbond substituents is 1. The number of anilines is 1. The van der Waals surface area contributed by atoms with E-state index in [1.54, 1.807) is 19.1 Å². The van der Waals surface area contributed by atoms with E-state index in [0.29, 0.717) is 11.3 Å². The normalized spacial score (nSPS) is 10.2. The minimum Gasteiger partial charge on any atom is -0.508 e. The molecule has 0 radical (unpaired) electrons. The monoisotopic (exact) mass is 286 g/mol. The van der Waals surface area contributed by atoms with Crippen LogP contribution in [-0.2, 0) is 0 Å². The van der Waals surface area contributed by atoms with Gasteiger partial charge in [0.2, 0.25) is 0 Å². The van der Waals surface area contributed by atoms with Crippen molar-refractivity contribution in [1.29, 1.82) is 0 Å². The Morgan fingerprint density at radius 3 is 2.43 bits per heavy atom. The number of hydrogen-bond acceptors (Lipinski definition) is 4. The first kappa shape index (κ1) is 14.5. The van der Waals surface area contributed by atoms with Gasteiger partial charge in [0, 0.05) is 5.69 Å². The fourth-order valence-electron chi connectivity index (χ4n) is 1.93. The van der Waals surface area contributed by atoms with Crippen LogP contribution < -0.4 is 5.32 Å². The number of hydrogen-bond donors (Lipinski definition) is 3. The van der Waals surface area contributed by atoms with Crippen LogP contribution in [0.4, 0.5) is 5.69 Å². The lowest BCUT2D eigenvalue weighted by atomic mass is 10.1. The smallest absolute Gasteiger partial charge is 0.337 e. The van der Waals surface area contributed by atoms with Gasteiger partial charge < -0.3 is 15.5 Å². The van der Waals surface area contributed by atoms with E-state index >= 15 is 0 Å². The number of aromatic carboxylic acids is 1. The van der Waals surface area contributed by atoms with E-state index in [-0.39, 0.29) is 17.0 Å². The lowest BCUT2D eigenvalue weighted by Crippen LogP contribution is -2.16. The Kier molecular flexibility index (Phi) is 3.89. The largest absolute Gasteiger partial charge is 0.508 e. The van der Waals surface area contributed by atoms with Gasteiger partial charge in [-0.15, -0.1) is 0 Å². The number of nitrogens with one attached hydrogen (secondary N) is 1. The van der Waals surface area contributed by atoms with Gasteiger partial charge in [0.15, 0.2) is 0 Å². The average Bonchev–Trinajstić information content (AvgIpc) is 2.40. The average molecular weight is 286 g/mol. The van der Waals surface area contributed by atoms with Crippen LogP contribution >= 0.6 is 0 Å². The van der Waals surface area contributed by atoms with Gasteiger partial charge in [-0.05, 0) is 44.2 Å². The molecule has 3 N–H and O–H groups in total. The number of phenols is 1.